The molecule has 0 aromatic heterocycles. The van der Waals surface area contributed by atoms with Gasteiger partial charge in [-0.3, -0.25) is 4.79 Å². The van der Waals surface area contributed by atoms with Crippen LogP contribution < -0.4 is 0 Å². The molecule has 1 N–H and O–H groups in total. The molecule has 0 aromatic carbocycles. The van der Waals surface area contributed by atoms with E-state index in [1.54, 1.807) is 5.57 Å². The van der Waals surface area contributed by atoms with Crippen molar-refractivity contribution in [1.82, 2.24) is 0 Å². The van der Waals surface area contributed by atoms with Crippen molar-refractivity contribution in [3.8, 4) is 0 Å². The molecule has 27 heavy (non-hydrogen) atoms. The first-order chi connectivity index (χ1) is 12.9. The number of aliphatic hydroxyl groups excluding tert-OH is 1. The van der Waals surface area contributed by atoms with Gasteiger partial charge in [0, 0.05) is 11.8 Å². The van der Waals surface area contributed by atoms with Crippen molar-refractivity contribution < 1.29 is 9.90 Å². The van der Waals surface area contributed by atoms with E-state index in [9.17, 15) is 9.90 Å². The molecule has 0 heterocycles. The first-order valence-corrected chi connectivity index (χ1v) is 11.8. The van der Waals surface area contributed by atoms with Crippen LogP contribution in [-0.2, 0) is 4.79 Å². The summed E-state index contributed by atoms with van der Waals surface area (Å²) in [6.45, 7) is 4.74. The maximum absolute atomic E-state index is 12.6. The molecular formula is C25H38O2. The van der Waals surface area contributed by atoms with Crippen LogP contribution in [0.2, 0.25) is 0 Å². The molecule has 0 saturated heterocycles. The number of aliphatic hydroxyl groups is 1. The molecule has 0 bridgehead atoms. The number of hydrogen-bond donors (Lipinski definition) is 1. The summed E-state index contributed by atoms with van der Waals surface area (Å²) >= 11 is 0. The van der Waals surface area contributed by atoms with E-state index in [1.807, 2.05) is 0 Å². The molecule has 0 aliphatic heterocycles. The second-order valence-corrected chi connectivity index (χ2v) is 11.3. The molecule has 0 radical (unpaired) electrons. The highest BCUT2D eigenvalue weighted by atomic mass is 16.3. The van der Waals surface area contributed by atoms with Gasteiger partial charge in [-0.2, -0.15) is 0 Å². The fourth-order valence-corrected chi connectivity index (χ4v) is 8.17. The highest BCUT2D eigenvalue weighted by molar-refractivity contribution is 5.87. The third-order valence-electron chi connectivity index (χ3n) is 10.2. The average molecular weight is 371 g/mol. The predicted octanol–water partition coefficient (Wildman–Crippen LogP) is 5.69. The van der Waals surface area contributed by atoms with Gasteiger partial charge in [0.25, 0.3) is 0 Å². The zero-order valence-corrected chi connectivity index (χ0v) is 17.4. The molecule has 5 saturated carbocycles. The van der Waals surface area contributed by atoms with Crippen LogP contribution in [0.15, 0.2) is 11.6 Å². The molecule has 5 aliphatic carbocycles. The van der Waals surface area contributed by atoms with E-state index in [0.717, 1.165) is 43.9 Å². The maximum atomic E-state index is 12.6. The first-order valence-electron chi connectivity index (χ1n) is 11.8. The molecule has 5 fully saturated rings. The Morgan fingerprint density at radius 2 is 1.85 bits per heavy atom. The lowest BCUT2D eigenvalue weighted by Gasteiger charge is -2.61. The zero-order valence-electron chi connectivity index (χ0n) is 17.4. The smallest absolute Gasteiger partial charge is 0.139 e. The Balaban J connectivity index is 1.36. The average Bonchev–Trinajstić information content (AvgIpc) is 2.90. The van der Waals surface area contributed by atoms with E-state index in [1.165, 1.54) is 44.9 Å². The number of rotatable bonds is 2. The van der Waals surface area contributed by atoms with Gasteiger partial charge in [0.05, 0.1) is 6.10 Å². The Bertz CT molecular complexity index is 647. The summed E-state index contributed by atoms with van der Waals surface area (Å²) in [7, 11) is 0. The van der Waals surface area contributed by atoms with E-state index >= 15 is 0 Å². The van der Waals surface area contributed by atoms with Gasteiger partial charge >= 0.3 is 0 Å². The fraction of sp³-hybridized carbons (Fsp3) is 0.880. The lowest BCUT2D eigenvalue weighted by molar-refractivity contribution is -0.155. The highest BCUT2D eigenvalue weighted by Crippen LogP contribution is 2.65. The minimum absolute atomic E-state index is 0.0768. The van der Waals surface area contributed by atoms with Gasteiger partial charge < -0.3 is 5.11 Å². The summed E-state index contributed by atoms with van der Waals surface area (Å²) < 4.78 is 0. The molecular weight excluding hydrogens is 332 g/mol. The number of Topliss-reactive ketones (excluding diaryl/α,β-unsaturated/α-hetero) is 1. The Hall–Kier alpha value is -0.630. The number of fused-ring (bicyclic) bond motifs is 5. The number of carbonyl (C=O) groups is 1. The predicted molar refractivity (Wildman–Crippen MR) is 108 cm³/mol. The van der Waals surface area contributed by atoms with Crippen LogP contribution in [0.5, 0.6) is 0 Å². The Labute approximate surface area is 165 Å². The number of ketones is 1. The molecule has 7 atom stereocenters. The minimum atomic E-state index is -0.165. The van der Waals surface area contributed by atoms with Crippen LogP contribution in [0.4, 0.5) is 0 Å². The van der Waals surface area contributed by atoms with Crippen LogP contribution in [0.3, 0.4) is 0 Å². The molecule has 0 spiro atoms. The van der Waals surface area contributed by atoms with E-state index in [-0.39, 0.29) is 16.9 Å². The summed E-state index contributed by atoms with van der Waals surface area (Å²) in [4.78, 5) is 12.6. The van der Waals surface area contributed by atoms with Crippen molar-refractivity contribution in [2.24, 2.45) is 40.4 Å². The maximum Gasteiger partial charge on any atom is 0.139 e. The van der Waals surface area contributed by atoms with Crippen LogP contribution >= 0.6 is 0 Å². The molecule has 5 aliphatic rings. The second-order valence-electron chi connectivity index (χ2n) is 11.3. The lowest BCUT2D eigenvalue weighted by atomic mass is 9.44. The van der Waals surface area contributed by atoms with Crippen LogP contribution in [-0.4, -0.2) is 17.0 Å². The number of hydrogen-bond acceptors (Lipinski definition) is 2. The largest absolute Gasteiger partial charge is 0.393 e. The monoisotopic (exact) mass is 370 g/mol. The van der Waals surface area contributed by atoms with Gasteiger partial charge in [0.15, 0.2) is 0 Å². The van der Waals surface area contributed by atoms with Crippen molar-refractivity contribution >= 4 is 5.78 Å². The summed E-state index contributed by atoms with van der Waals surface area (Å²) in [6.07, 6.45) is 16.7. The second kappa shape index (κ2) is 6.44. The van der Waals surface area contributed by atoms with Crippen molar-refractivity contribution in [3.05, 3.63) is 11.6 Å². The first kappa shape index (κ1) is 18.4. The molecule has 5 unspecified atom stereocenters. The third-order valence-corrected chi connectivity index (χ3v) is 10.2. The van der Waals surface area contributed by atoms with Crippen LogP contribution in [0.25, 0.3) is 0 Å². The van der Waals surface area contributed by atoms with E-state index in [4.69, 9.17) is 0 Å². The van der Waals surface area contributed by atoms with Gasteiger partial charge in [-0.05, 0) is 86.4 Å². The SMILES string of the molecule is C[C@]12CC/C(=C\CC3CCC3)CC1C(O)CC1C2CC[C@]2(C)C(=O)CCC12. The van der Waals surface area contributed by atoms with Crippen molar-refractivity contribution in [2.75, 3.05) is 0 Å². The van der Waals surface area contributed by atoms with Crippen molar-refractivity contribution in [3.63, 3.8) is 0 Å². The van der Waals surface area contributed by atoms with Crippen LogP contribution in [0, 0.1) is 40.4 Å². The summed E-state index contributed by atoms with van der Waals surface area (Å²) in [6, 6.07) is 0. The minimum Gasteiger partial charge on any atom is -0.393 e. The van der Waals surface area contributed by atoms with Gasteiger partial charge in [0.1, 0.15) is 5.78 Å². The standard InChI is InChI=1S/C25H38O2/c1-24-12-10-17(7-6-16-4-3-5-16)14-21(24)22(26)15-18-19-8-9-23(27)25(19,2)13-11-20(18)24/h7,16,18-22,26H,3-6,8-15H2,1-2H3/b17-7+/t18?,19?,20?,21?,22?,24-,25+/m1/s1. The molecule has 0 amide bonds. The topological polar surface area (TPSA) is 37.3 Å². The van der Waals surface area contributed by atoms with Crippen LogP contribution in [0.1, 0.15) is 90.9 Å². The normalized spacial score (nSPS) is 51.4. The Kier molecular flexibility index (Phi) is 4.39. The third kappa shape index (κ3) is 2.72. The van der Waals surface area contributed by atoms with Gasteiger partial charge in [-0.1, -0.05) is 44.8 Å². The highest BCUT2D eigenvalue weighted by Gasteiger charge is 2.61. The van der Waals surface area contributed by atoms with Crippen molar-refractivity contribution in [2.45, 2.75) is 97.0 Å². The number of allylic oxidation sites excluding steroid dienone is 2. The zero-order chi connectivity index (χ0) is 18.8. The fourth-order valence-electron chi connectivity index (χ4n) is 8.17. The molecule has 2 nitrogen and oxygen atoms in total. The van der Waals surface area contributed by atoms with Gasteiger partial charge in [-0.25, -0.2) is 0 Å². The molecule has 5 rings (SSSR count). The lowest BCUT2D eigenvalue weighted by Crippen LogP contribution is -2.57. The number of carbonyl (C=O) groups excluding carboxylic acids is 1. The van der Waals surface area contributed by atoms with Crippen molar-refractivity contribution in [1.29, 1.82) is 0 Å². The van der Waals surface area contributed by atoms with E-state index in [2.05, 4.69) is 19.9 Å². The van der Waals surface area contributed by atoms with E-state index < -0.39 is 0 Å². The summed E-state index contributed by atoms with van der Waals surface area (Å²) in [5, 5.41) is 11.2. The Morgan fingerprint density at radius 3 is 2.59 bits per heavy atom. The molecule has 0 aromatic rings. The quantitative estimate of drug-likeness (QED) is 0.634. The molecule has 2 heteroatoms. The van der Waals surface area contributed by atoms with Gasteiger partial charge in [0.2, 0.25) is 0 Å². The molecule has 150 valence electrons. The summed E-state index contributed by atoms with van der Waals surface area (Å²) in [5.41, 5.74) is 1.84. The van der Waals surface area contributed by atoms with Gasteiger partial charge in [-0.15, -0.1) is 0 Å². The van der Waals surface area contributed by atoms with E-state index in [0.29, 0.717) is 23.5 Å². The Morgan fingerprint density at radius 1 is 1.04 bits per heavy atom. The summed E-state index contributed by atoms with van der Waals surface area (Å²) in [5.74, 6) is 3.74.